The fraction of sp³-hybridized carbons (Fsp3) is 0.133. The number of benzene rings is 2. The van der Waals surface area contributed by atoms with E-state index >= 15 is 0 Å². The van der Waals surface area contributed by atoms with Gasteiger partial charge >= 0.3 is 0 Å². The van der Waals surface area contributed by atoms with Crippen molar-refractivity contribution in [2.75, 3.05) is 5.32 Å². The molecule has 0 aromatic heterocycles. The lowest BCUT2D eigenvalue weighted by Crippen LogP contribution is -2.13. The first kappa shape index (κ1) is 14.2. The van der Waals surface area contributed by atoms with Gasteiger partial charge in [-0.3, -0.25) is 4.79 Å². The van der Waals surface area contributed by atoms with Gasteiger partial charge < -0.3 is 5.32 Å². The van der Waals surface area contributed by atoms with Crippen molar-refractivity contribution in [3.05, 3.63) is 57.6 Å². The summed E-state index contributed by atoms with van der Waals surface area (Å²) in [5.41, 5.74) is 3.52. The van der Waals surface area contributed by atoms with Gasteiger partial charge in [0.25, 0.3) is 5.91 Å². The fourth-order valence-electron chi connectivity index (χ4n) is 1.94. The molecule has 2 nitrogen and oxygen atoms in total. The Morgan fingerprint density at radius 2 is 1.79 bits per heavy atom. The Kier molecular flexibility index (Phi) is 4.32. The molecule has 19 heavy (non-hydrogen) atoms. The summed E-state index contributed by atoms with van der Waals surface area (Å²) >= 11 is 7.69. The summed E-state index contributed by atoms with van der Waals surface area (Å²) in [5, 5.41) is 2.96. The van der Waals surface area contributed by atoms with E-state index in [2.05, 4.69) is 33.9 Å². The molecular formula is C15H14BrNOS. The largest absolute Gasteiger partial charge is 0.322 e. The molecule has 4 heteroatoms. The van der Waals surface area contributed by atoms with Gasteiger partial charge in [-0.05, 0) is 55.3 Å². The van der Waals surface area contributed by atoms with Gasteiger partial charge in [0.05, 0.1) is 0 Å². The van der Waals surface area contributed by atoms with Gasteiger partial charge in [-0.1, -0.05) is 22.0 Å². The van der Waals surface area contributed by atoms with Crippen LogP contribution in [0.3, 0.4) is 0 Å². The van der Waals surface area contributed by atoms with Crippen LogP contribution in [0.25, 0.3) is 0 Å². The predicted molar refractivity (Wildman–Crippen MR) is 85.3 cm³/mol. The van der Waals surface area contributed by atoms with Crippen LogP contribution in [0.15, 0.2) is 45.8 Å². The SMILES string of the molecule is Cc1cc(Br)cc(C)c1NC(=O)c1cccc(S)c1. The minimum Gasteiger partial charge on any atom is -0.322 e. The Labute approximate surface area is 126 Å². The molecule has 2 rings (SSSR count). The third-order valence-corrected chi connectivity index (χ3v) is 3.58. The van der Waals surface area contributed by atoms with Gasteiger partial charge in [0, 0.05) is 20.6 Å². The third-order valence-electron chi connectivity index (χ3n) is 2.84. The minimum atomic E-state index is -0.121. The van der Waals surface area contributed by atoms with Crippen molar-refractivity contribution >= 4 is 40.2 Å². The maximum Gasteiger partial charge on any atom is 0.255 e. The highest BCUT2D eigenvalue weighted by molar-refractivity contribution is 9.10. The quantitative estimate of drug-likeness (QED) is 0.771. The normalized spacial score (nSPS) is 10.3. The lowest BCUT2D eigenvalue weighted by atomic mass is 10.1. The first-order valence-corrected chi connectivity index (χ1v) is 7.08. The number of carbonyl (C=O) groups is 1. The Morgan fingerprint density at radius 1 is 1.16 bits per heavy atom. The summed E-state index contributed by atoms with van der Waals surface area (Å²) in [6.07, 6.45) is 0. The average Bonchev–Trinajstić information content (AvgIpc) is 2.33. The van der Waals surface area contributed by atoms with Crippen LogP contribution in [-0.2, 0) is 0 Å². The van der Waals surface area contributed by atoms with Crippen LogP contribution in [0.1, 0.15) is 21.5 Å². The van der Waals surface area contributed by atoms with E-state index in [0.29, 0.717) is 5.56 Å². The molecule has 0 atom stereocenters. The zero-order valence-corrected chi connectivity index (χ0v) is 13.2. The standard InChI is InChI=1S/C15H14BrNOS/c1-9-6-12(16)7-10(2)14(9)17-15(18)11-4-3-5-13(19)8-11/h3-8,19H,1-2H3,(H,17,18). The number of amides is 1. The van der Waals surface area contributed by atoms with E-state index in [1.54, 1.807) is 12.1 Å². The Balaban J connectivity index is 2.29. The van der Waals surface area contributed by atoms with E-state index in [1.165, 1.54) is 0 Å². The number of hydrogen-bond donors (Lipinski definition) is 2. The molecule has 0 aliphatic heterocycles. The van der Waals surface area contributed by atoms with E-state index in [9.17, 15) is 4.79 Å². The van der Waals surface area contributed by atoms with Crippen LogP contribution in [0.4, 0.5) is 5.69 Å². The first-order valence-electron chi connectivity index (χ1n) is 5.84. The molecular weight excluding hydrogens is 322 g/mol. The number of carbonyl (C=O) groups excluding carboxylic acids is 1. The van der Waals surface area contributed by atoms with Crippen molar-refractivity contribution < 1.29 is 4.79 Å². The van der Waals surface area contributed by atoms with Crippen LogP contribution in [0, 0.1) is 13.8 Å². The summed E-state index contributed by atoms with van der Waals surface area (Å²) in [6.45, 7) is 3.95. The summed E-state index contributed by atoms with van der Waals surface area (Å²) in [6, 6.07) is 11.2. The van der Waals surface area contributed by atoms with Gasteiger partial charge in [0.2, 0.25) is 0 Å². The Bertz CT molecular complexity index is 617. The van der Waals surface area contributed by atoms with Gasteiger partial charge in [-0.15, -0.1) is 12.6 Å². The molecule has 0 aliphatic carbocycles. The summed E-state index contributed by atoms with van der Waals surface area (Å²) in [7, 11) is 0. The topological polar surface area (TPSA) is 29.1 Å². The highest BCUT2D eigenvalue weighted by atomic mass is 79.9. The number of rotatable bonds is 2. The number of anilines is 1. The van der Waals surface area contributed by atoms with Crippen LogP contribution in [0.5, 0.6) is 0 Å². The van der Waals surface area contributed by atoms with Crippen LogP contribution in [-0.4, -0.2) is 5.91 Å². The monoisotopic (exact) mass is 335 g/mol. The minimum absolute atomic E-state index is 0.121. The number of nitrogens with one attached hydrogen (secondary N) is 1. The number of thiol groups is 1. The second-order valence-electron chi connectivity index (χ2n) is 4.42. The molecule has 98 valence electrons. The lowest BCUT2D eigenvalue weighted by Gasteiger charge is -2.12. The molecule has 1 N–H and O–H groups in total. The van der Waals surface area contributed by atoms with Crippen molar-refractivity contribution in [3.63, 3.8) is 0 Å². The molecule has 0 aliphatic rings. The average molecular weight is 336 g/mol. The Hall–Kier alpha value is -1.26. The molecule has 0 spiro atoms. The van der Waals surface area contributed by atoms with Gasteiger partial charge in [-0.25, -0.2) is 0 Å². The van der Waals surface area contributed by atoms with E-state index in [0.717, 1.165) is 26.2 Å². The van der Waals surface area contributed by atoms with Crippen molar-refractivity contribution in [2.24, 2.45) is 0 Å². The highest BCUT2D eigenvalue weighted by Crippen LogP contribution is 2.25. The molecule has 0 saturated heterocycles. The fourth-order valence-corrected chi connectivity index (χ4v) is 2.85. The van der Waals surface area contributed by atoms with Crippen molar-refractivity contribution in [3.8, 4) is 0 Å². The molecule has 0 unspecified atom stereocenters. The highest BCUT2D eigenvalue weighted by Gasteiger charge is 2.10. The summed E-state index contributed by atoms with van der Waals surface area (Å²) < 4.78 is 1.01. The predicted octanol–water partition coefficient (Wildman–Crippen LogP) is 4.61. The molecule has 0 bridgehead atoms. The second-order valence-corrected chi connectivity index (χ2v) is 5.85. The molecule has 2 aromatic carbocycles. The van der Waals surface area contributed by atoms with E-state index < -0.39 is 0 Å². The van der Waals surface area contributed by atoms with Crippen LogP contribution in [0.2, 0.25) is 0 Å². The van der Waals surface area contributed by atoms with Gasteiger partial charge in [-0.2, -0.15) is 0 Å². The van der Waals surface area contributed by atoms with E-state index in [-0.39, 0.29) is 5.91 Å². The van der Waals surface area contributed by atoms with Crippen molar-refractivity contribution in [1.82, 2.24) is 0 Å². The van der Waals surface area contributed by atoms with Gasteiger partial charge in [0.1, 0.15) is 0 Å². The number of aryl methyl sites for hydroxylation is 2. The lowest BCUT2D eigenvalue weighted by molar-refractivity contribution is 0.102. The smallest absolute Gasteiger partial charge is 0.255 e. The van der Waals surface area contributed by atoms with E-state index in [1.807, 2.05) is 38.1 Å². The number of hydrogen-bond acceptors (Lipinski definition) is 2. The maximum absolute atomic E-state index is 12.2. The van der Waals surface area contributed by atoms with Crippen LogP contribution < -0.4 is 5.32 Å². The number of halogens is 1. The second kappa shape index (κ2) is 5.80. The van der Waals surface area contributed by atoms with E-state index in [4.69, 9.17) is 0 Å². The molecule has 0 saturated carbocycles. The molecule has 0 heterocycles. The van der Waals surface area contributed by atoms with Gasteiger partial charge in [0.15, 0.2) is 0 Å². The first-order chi connectivity index (χ1) is 8.97. The van der Waals surface area contributed by atoms with Crippen molar-refractivity contribution in [1.29, 1.82) is 0 Å². The van der Waals surface area contributed by atoms with Crippen LogP contribution >= 0.6 is 28.6 Å². The maximum atomic E-state index is 12.2. The zero-order chi connectivity index (χ0) is 14.0. The summed E-state index contributed by atoms with van der Waals surface area (Å²) in [4.78, 5) is 13.0. The third kappa shape index (κ3) is 3.39. The van der Waals surface area contributed by atoms with Crippen molar-refractivity contribution in [2.45, 2.75) is 18.7 Å². The molecule has 0 fully saturated rings. The Morgan fingerprint density at radius 3 is 2.37 bits per heavy atom. The molecule has 0 radical (unpaired) electrons. The molecule has 1 amide bonds. The zero-order valence-electron chi connectivity index (χ0n) is 10.7. The molecule has 2 aromatic rings. The summed E-state index contributed by atoms with van der Waals surface area (Å²) in [5.74, 6) is -0.121.